The molecular weight excluding hydrogens is 330 g/mol. The Morgan fingerprint density at radius 1 is 1.04 bits per heavy atom. The molecule has 1 aromatic carbocycles. The van der Waals surface area contributed by atoms with E-state index in [1.54, 1.807) is 30.9 Å². The second kappa shape index (κ2) is 5.38. The van der Waals surface area contributed by atoms with E-state index in [0.717, 1.165) is 33.4 Å². The molecule has 0 saturated heterocycles. The Kier molecular flexibility index (Phi) is 3.02. The SMILES string of the molecule is COC(=O)c1ccc(-n2c3ccncc3c3nc4ccncn4c32)cc1. The van der Waals surface area contributed by atoms with Crippen LogP contribution in [0.5, 0.6) is 0 Å². The molecule has 0 spiro atoms. The number of fused-ring (bicyclic) bond motifs is 5. The minimum absolute atomic E-state index is 0.359. The number of pyridine rings is 1. The number of aromatic nitrogens is 5. The van der Waals surface area contributed by atoms with Gasteiger partial charge in [-0.1, -0.05) is 0 Å². The minimum atomic E-state index is -0.359. The number of hydrogen-bond acceptors (Lipinski definition) is 5. The number of ether oxygens (including phenoxy) is 1. The van der Waals surface area contributed by atoms with Crippen molar-refractivity contribution in [2.75, 3.05) is 7.11 Å². The monoisotopic (exact) mass is 343 g/mol. The molecule has 26 heavy (non-hydrogen) atoms. The lowest BCUT2D eigenvalue weighted by Gasteiger charge is -2.08. The van der Waals surface area contributed by atoms with Crippen molar-refractivity contribution in [3.63, 3.8) is 0 Å². The van der Waals surface area contributed by atoms with Gasteiger partial charge in [-0.15, -0.1) is 0 Å². The molecule has 0 aliphatic carbocycles. The van der Waals surface area contributed by atoms with Gasteiger partial charge in [0.15, 0.2) is 5.65 Å². The van der Waals surface area contributed by atoms with E-state index in [1.165, 1.54) is 7.11 Å². The average Bonchev–Trinajstić information content (AvgIpc) is 3.22. The molecule has 7 heteroatoms. The molecule has 0 atom stereocenters. The van der Waals surface area contributed by atoms with Crippen LogP contribution in [0.4, 0.5) is 0 Å². The molecule has 4 aromatic heterocycles. The van der Waals surface area contributed by atoms with Crippen LogP contribution in [-0.2, 0) is 4.74 Å². The van der Waals surface area contributed by atoms with Gasteiger partial charge in [-0.2, -0.15) is 0 Å². The number of esters is 1. The summed E-state index contributed by atoms with van der Waals surface area (Å²) < 4.78 is 8.82. The molecule has 0 aliphatic rings. The maximum absolute atomic E-state index is 11.7. The summed E-state index contributed by atoms with van der Waals surface area (Å²) in [6, 6.07) is 11.1. The molecule has 5 aromatic rings. The van der Waals surface area contributed by atoms with Gasteiger partial charge in [0, 0.05) is 29.7 Å². The van der Waals surface area contributed by atoms with Crippen molar-refractivity contribution >= 4 is 33.7 Å². The van der Waals surface area contributed by atoms with Crippen molar-refractivity contribution in [3.05, 3.63) is 66.9 Å². The first kappa shape index (κ1) is 14.6. The fourth-order valence-electron chi connectivity index (χ4n) is 3.29. The van der Waals surface area contributed by atoms with Crippen molar-refractivity contribution < 1.29 is 9.53 Å². The van der Waals surface area contributed by atoms with Crippen LogP contribution in [0.2, 0.25) is 0 Å². The van der Waals surface area contributed by atoms with Crippen molar-refractivity contribution in [2.45, 2.75) is 0 Å². The number of carbonyl (C=O) groups excluding carboxylic acids is 1. The number of methoxy groups -OCH3 is 1. The summed E-state index contributed by atoms with van der Waals surface area (Å²) in [7, 11) is 1.37. The second-order valence-electron chi connectivity index (χ2n) is 5.86. The molecule has 5 rings (SSSR count). The van der Waals surface area contributed by atoms with Crippen LogP contribution in [0.15, 0.2) is 61.3 Å². The topological polar surface area (TPSA) is 74.3 Å². The van der Waals surface area contributed by atoms with Crippen LogP contribution < -0.4 is 0 Å². The van der Waals surface area contributed by atoms with E-state index < -0.39 is 0 Å². The summed E-state index contributed by atoms with van der Waals surface area (Å²) >= 11 is 0. The summed E-state index contributed by atoms with van der Waals surface area (Å²) in [5.74, 6) is -0.359. The first-order valence-corrected chi connectivity index (χ1v) is 8.03. The number of carbonyl (C=O) groups is 1. The summed E-state index contributed by atoms with van der Waals surface area (Å²) in [6.07, 6.45) is 7.04. The van der Waals surface area contributed by atoms with Gasteiger partial charge in [-0.05, 0) is 36.4 Å². The van der Waals surface area contributed by atoms with Gasteiger partial charge >= 0.3 is 5.97 Å². The fraction of sp³-hybridized carbons (Fsp3) is 0.0526. The van der Waals surface area contributed by atoms with Crippen molar-refractivity contribution in [1.29, 1.82) is 0 Å². The van der Waals surface area contributed by atoms with Gasteiger partial charge < -0.3 is 4.74 Å². The van der Waals surface area contributed by atoms with Crippen LogP contribution in [0.1, 0.15) is 10.4 Å². The van der Waals surface area contributed by atoms with Gasteiger partial charge in [0.25, 0.3) is 0 Å². The number of imidazole rings is 1. The predicted octanol–water partition coefficient (Wildman–Crippen LogP) is 3.01. The van der Waals surface area contributed by atoms with Crippen molar-refractivity contribution in [3.8, 4) is 5.69 Å². The molecule has 7 nitrogen and oxygen atoms in total. The van der Waals surface area contributed by atoms with Gasteiger partial charge in [0.2, 0.25) is 0 Å². The number of hydrogen-bond donors (Lipinski definition) is 0. The molecule has 0 radical (unpaired) electrons. The summed E-state index contributed by atoms with van der Waals surface area (Å²) in [4.78, 5) is 24.9. The van der Waals surface area contributed by atoms with Crippen LogP contribution in [0.3, 0.4) is 0 Å². The van der Waals surface area contributed by atoms with E-state index in [1.807, 2.05) is 34.9 Å². The molecule has 0 amide bonds. The van der Waals surface area contributed by atoms with E-state index in [9.17, 15) is 4.79 Å². The third kappa shape index (κ3) is 1.94. The smallest absolute Gasteiger partial charge is 0.337 e. The Bertz CT molecular complexity index is 1280. The predicted molar refractivity (Wildman–Crippen MR) is 96.5 cm³/mol. The highest BCUT2D eigenvalue weighted by Gasteiger charge is 2.18. The molecule has 0 N–H and O–H groups in total. The summed E-state index contributed by atoms with van der Waals surface area (Å²) in [6.45, 7) is 0. The largest absolute Gasteiger partial charge is 0.465 e. The maximum Gasteiger partial charge on any atom is 0.337 e. The maximum atomic E-state index is 11.7. The first-order valence-electron chi connectivity index (χ1n) is 8.03. The molecule has 0 aliphatic heterocycles. The van der Waals surface area contributed by atoms with E-state index in [4.69, 9.17) is 9.72 Å². The number of benzene rings is 1. The third-order valence-corrected chi connectivity index (χ3v) is 4.46. The van der Waals surface area contributed by atoms with Gasteiger partial charge in [0.1, 0.15) is 17.5 Å². The second-order valence-corrected chi connectivity index (χ2v) is 5.86. The lowest BCUT2D eigenvalue weighted by atomic mass is 10.2. The molecule has 0 bridgehead atoms. The Labute approximate surface area is 147 Å². The molecule has 4 heterocycles. The lowest BCUT2D eigenvalue weighted by Crippen LogP contribution is -2.02. The van der Waals surface area contributed by atoms with E-state index in [-0.39, 0.29) is 5.97 Å². The highest BCUT2D eigenvalue weighted by Crippen LogP contribution is 2.31. The first-order chi connectivity index (χ1) is 12.8. The fourth-order valence-corrected chi connectivity index (χ4v) is 3.29. The Balaban J connectivity index is 1.86. The summed E-state index contributed by atoms with van der Waals surface area (Å²) in [5, 5.41) is 0.961. The Hall–Kier alpha value is -3.74. The minimum Gasteiger partial charge on any atom is -0.465 e. The highest BCUT2D eigenvalue weighted by molar-refractivity contribution is 6.07. The standard InChI is InChI=1S/C19H13N5O2/c1-26-19(25)12-2-4-13(5-3-12)24-15-6-8-20-10-14(15)17-18(24)23-11-21-9-7-16(23)22-17/h2-11H,1H3. The third-order valence-electron chi connectivity index (χ3n) is 4.46. The zero-order chi connectivity index (χ0) is 17.7. The summed E-state index contributed by atoms with van der Waals surface area (Å²) in [5.41, 5.74) is 4.98. The number of nitrogens with zero attached hydrogens (tertiary/aromatic N) is 5. The zero-order valence-electron chi connectivity index (χ0n) is 13.8. The van der Waals surface area contributed by atoms with Gasteiger partial charge in [-0.3, -0.25) is 14.0 Å². The molecular formula is C19H13N5O2. The zero-order valence-corrected chi connectivity index (χ0v) is 13.8. The van der Waals surface area contributed by atoms with Crippen molar-refractivity contribution in [1.82, 2.24) is 23.9 Å². The van der Waals surface area contributed by atoms with Crippen LogP contribution in [0, 0.1) is 0 Å². The normalized spacial score (nSPS) is 11.4. The van der Waals surface area contributed by atoms with E-state index in [2.05, 4.69) is 14.5 Å². The Morgan fingerprint density at radius 3 is 2.65 bits per heavy atom. The average molecular weight is 343 g/mol. The molecule has 0 fully saturated rings. The van der Waals surface area contributed by atoms with Gasteiger partial charge in [-0.25, -0.2) is 14.8 Å². The van der Waals surface area contributed by atoms with Crippen LogP contribution in [-0.4, -0.2) is 37.0 Å². The van der Waals surface area contributed by atoms with Gasteiger partial charge in [0.05, 0.1) is 18.2 Å². The molecule has 0 unspecified atom stereocenters. The van der Waals surface area contributed by atoms with Crippen molar-refractivity contribution in [2.24, 2.45) is 0 Å². The number of rotatable bonds is 2. The quantitative estimate of drug-likeness (QED) is 0.461. The van der Waals surface area contributed by atoms with E-state index >= 15 is 0 Å². The highest BCUT2D eigenvalue weighted by atomic mass is 16.5. The van der Waals surface area contributed by atoms with Crippen LogP contribution >= 0.6 is 0 Å². The Morgan fingerprint density at radius 2 is 1.85 bits per heavy atom. The molecule has 126 valence electrons. The lowest BCUT2D eigenvalue weighted by molar-refractivity contribution is 0.0601. The van der Waals surface area contributed by atoms with Crippen LogP contribution in [0.25, 0.3) is 33.4 Å². The van der Waals surface area contributed by atoms with E-state index in [0.29, 0.717) is 5.56 Å². The molecule has 0 saturated carbocycles.